The lowest BCUT2D eigenvalue weighted by Crippen LogP contribution is -2.19. The summed E-state index contributed by atoms with van der Waals surface area (Å²) in [5, 5.41) is 6.51. The third-order valence-electron chi connectivity index (χ3n) is 3.14. The van der Waals surface area contributed by atoms with Gasteiger partial charge in [-0.1, -0.05) is 22.9 Å². The van der Waals surface area contributed by atoms with Crippen LogP contribution >= 0.6 is 0 Å². The zero-order chi connectivity index (χ0) is 16.1. The predicted molar refractivity (Wildman–Crippen MR) is 85.0 cm³/mol. The van der Waals surface area contributed by atoms with Crippen LogP contribution in [-0.4, -0.2) is 22.7 Å². The van der Waals surface area contributed by atoms with Crippen molar-refractivity contribution in [2.75, 3.05) is 11.9 Å². The molecule has 0 fully saturated rings. The second-order valence-corrected chi connectivity index (χ2v) is 4.96. The van der Waals surface area contributed by atoms with E-state index in [1.165, 1.54) is 0 Å². The van der Waals surface area contributed by atoms with Crippen LogP contribution in [0.5, 0.6) is 5.75 Å². The molecule has 1 amide bonds. The number of aromatic nitrogens is 2. The van der Waals surface area contributed by atoms with E-state index in [9.17, 15) is 4.79 Å². The van der Waals surface area contributed by atoms with E-state index in [-0.39, 0.29) is 18.4 Å². The lowest BCUT2D eigenvalue weighted by molar-refractivity contribution is -0.118. The van der Waals surface area contributed by atoms with E-state index in [0.29, 0.717) is 11.4 Å². The molecule has 0 unspecified atom stereocenters. The van der Waals surface area contributed by atoms with Crippen LogP contribution in [0.3, 0.4) is 0 Å². The van der Waals surface area contributed by atoms with E-state index >= 15 is 0 Å². The first-order chi connectivity index (χ1) is 11.2. The van der Waals surface area contributed by atoms with Gasteiger partial charge in [0.1, 0.15) is 11.4 Å². The second kappa shape index (κ2) is 6.74. The van der Waals surface area contributed by atoms with Gasteiger partial charge >= 0.3 is 0 Å². The van der Waals surface area contributed by atoms with Crippen LogP contribution in [0.15, 0.2) is 59.4 Å². The van der Waals surface area contributed by atoms with Crippen molar-refractivity contribution in [2.24, 2.45) is 0 Å². The highest BCUT2D eigenvalue weighted by molar-refractivity contribution is 5.91. The fourth-order valence-corrected chi connectivity index (χ4v) is 1.95. The van der Waals surface area contributed by atoms with Crippen molar-refractivity contribution in [3.05, 3.63) is 60.4 Å². The lowest BCUT2D eigenvalue weighted by Gasteiger charge is -2.05. The van der Waals surface area contributed by atoms with E-state index in [1.54, 1.807) is 18.5 Å². The maximum absolute atomic E-state index is 11.9. The van der Waals surface area contributed by atoms with Gasteiger partial charge in [0.25, 0.3) is 5.91 Å². The minimum Gasteiger partial charge on any atom is -0.484 e. The Hall–Kier alpha value is -3.15. The molecule has 6 nitrogen and oxygen atoms in total. The SMILES string of the molecule is Cc1ccc(OCC(=O)Nc2cc(-c3ccncc3)no2)cc1. The highest BCUT2D eigenvalue weighted by Gasteiger charge is 2.10. The Kier molecular flexibility index (Phi) is 4.33. The number of pyridine rings is 1. The van der Waals surface area contributed by atoms with E-state index < -0.39 is 0 Å². The normalized spacial score (nSPS) is 10.3. The summed E-state index contributed by atoms with van der Waals surface area (Å²) in [5.41, 5.74) is 2.62. The maximum atomic E-state index is 11.9. The van der Waals surface area contributed by atoms with Gasteiger partial charge in [-0.05, 0) is 31.2 Å². The predicted octanol–water partition coefficient (Wildman–Crippen LogP) is 3.06. The number of rotatable bonds is 5. The average molecular weight is 309 g/mol. The van der Waals surface area contributed by atoms with Gasteiger partial charge in [0.05, 0.1) is 0 Å². The van der Waals surface area contributed by atoms with E-state index in [2.05, 4.69) is 15.5 Å². The Morgan fingerprint density at radius 2 is 1.91 bits per heavy atom. The fourth-order valence-electron chi connectivity index (χ4n) is 1.95. The summed E-state index contributed by atoms with van der Waals surface area (Å²) in [4.78, 5) is 15.8. The highest BCUT2D eigenvalue weighted by atomic mass is 16.5. The summed E-state index contributed by atoms with van der Waals surface area (Å²) >= 11 is 0. The van der Waals surface area contributed by atoms with Gasteiger partial charge in [-0.15, -0.1) is 0 Å². The first-order valence-corrected chi connectivity index (χ1v) is 7.07. The number of ether oxygens (including phenoxy) is 1. The molecule has 0 saturated carbocycles. The molecule has 0 aliphatic carbocycles. The van der Waals surface area contributed by atoms with Crippen LogP contribution < -0.4 is 10.1 Å². The van der Waals surface area contributed by atoms with Gasteiger partial charge in [-0.25, -0.2) is 0 Å². The third-order valence-corrected chi connectivity index (χ3v) is 3.14. The number of nitrogens with one attached hydrogen (secondary N) is 1. The molecule has 3 aromatic rings. The number of hydrogen-bond donors (Lipinski definition) is 1. The molecule has 0 saturated heterocycles. The van der Waals surface area contributed by atoms with Crippen molar-refractivity contribution in [3.63, 3.8) is 0 Å². The molecule has 0 radical (unpaired) electrons. The van der Waals surface area contributed by atoms with Crippen LogP contribution in [0.1, 0.15) is 5.56 Å². The minimum absolute atomic E-state index is 0.103. The molecule has 1 N–H and O–H groups in total. The van der Waals surface area contributed by atoms with Gasteiger partial charge < -0.3 is 9.26 Å². The monoisotopic (exact) mass is 309 g/mol. The first-order valence-electron chi connectivity index (χ1n) is 7.07. The van der Waals surface area contributed by atoms with Crippen LogP contribution in [-0.2, 0) is 4.79 Å². The zero-order valence-corrected chi connectivity index (χ0v) is 12.5. The van der Waals surface area contributed by atoms with Gasteiger partial charge in [-0.3, -0.25) is 15.1 Å². The van der Waals surface area contributed by atoms with Crippen LogP contribution in [0.4, 0.5) is 5.88 Å². The number of nitrogens with zero attached hydrogens (tertiary/aromatic N) is 2. The molecular weight excluding hydrogens is 294 g/mol. The summed E-state index contributed by atoms with van der Waals surface area (Å²) in [6, 6.07) is 12.7. The van der Waals surface area contributed by atoms with E-state index in [0.717, 1.165) is 11.1 Å². The molecule has 0 spiro atoms. The Morgan fingerprint density at radius 3 is 2.65 bits per heavy atom. The largest absolute Gasteiger partial charge is 0.484 e. The Morgan fingerprint density at radius 1 is 1.17 bits per heavy atom. The number of carbonyl (C=O) groups excluding carboxylic acids is 1. The molecule has 2 aromatic heterocycles. The Labute approximate surface area is 133 Å². The molecule has 116 valence electrons. The molecule has 0 bridgehead atoms. The summed E-state index contributed by atoms with van der Waals surface area (Å²) in [6.07, 6.45) is 3.33. The molecule has 0 aliphatic heterocycles. The van der Waals surface area contributed by atoms with E-state index in [1.807, 2.05) is 43.3 Å². The Bertz CT molecular complexity index is 782. The van der Waals surface area contributed by atoms with E-state index in [4.69, 9.17) is 9.26 Å². The van der Waals surface area contributed by atoms with Crippen molar-refractivity contribution in [1.82, 2.24) is 10.1 Å². The number of benzene rings is 1. The maximum Gasteiger partial charge on any atom is 0.264 e. The third kappa shape index (κ3) is 3.94. The van der Waals surface area contributed by atoms with Crippen molar-refractivity contribution >= 4 is 11.8 Å². The van der Waals surface area contributed by atoms with Crippen molar-refractivity contribution in [2.45, 2.75) is 6.92 Å². The Balaban J connectivity index is 1.56. The molecule has 23 heavy (non-hydrogen) atoms. The summed E-state index contributed by atoms with van der Waals surface area (Å²) in [6.45, 7) is 1.88. The van der Waals surface area contributed by atoms with Gasteiger partial charge in [0.15, 0.2) is 6.61 Å². The number of aryl methyl sites for hydroxylation is 1. The van der Waals surface area contributed by atoms with Crippen molar-refractivity contribution < 1.29 is 14.1 Å². The lowest BCUT2D eigenvalue weighted by atomic mass is 10.2. The topological polar surface area (TPSA) is 77.2 Å². The molecule has 3 rings (SSSR count). The minimum atomic E-state index is -0.317. The van der Waals surface area contributed by atoms with Crippen molar-refractivity contribution in [1.29, 1.82) is 0 Å². The molecule has 1 aromatic carbocycles. The van der Waals surface area contributed by atoms with Crippen molar-refractivity contribution in [3.8, 4) is 17.0 Å². The number of amides is 1. The summed E-state index contributed by atoms with van der Waals surface area (Å²) < 4.78 is 10.5. The molecule has 0 atom stereocenters. The van der Waals surface area contributed by atoms with Crippen LogP contribution in [0.25, 0.3) is 11.3 Å². The van der Waals surface area contributed by atoms with Crippen LogP contribution in [0.2, 0.25) is 0 Å². The zero-order valence-electron chi connectivity index (χ0n) is 12.5. The number of carbonyl (C=O) groups is 1. The smallest absolute Gasteiger partial charge is 0.264 e. The second-order valence-electron chi connectivity index (χ2n) is 4.96. The number of hydrogen-bond acceptors (Lipinski definition) is 5. The summed E-state index contributed by atoms with van der Waals surface area (Å²) in [5.74, 6) is 0.595. The van der Waals surface area contributed by atoms with Gasteiger partial charge in [0.2, 0.25) is 5.88 Å². The quantitative estimate of drug-likeness (QED) is 0.783. The standard InChI is InChI=1S/C17H15N3O3/c1-12-2-4-14(5-3-12)22-11-16(21)19-17-10-15(20-23-17)13-6-8-18-9-7-13/h2-10H,11H2,1H3,(H,19,21). The average Bonchev–Trinajstić information content (AvgIpc) is 3.04. The first kappa shape index (κ1) is 14.8. The summed E-state index contributed by atoms with van der Waals surface area (Å²) in [7, 11) is 0. The molecule has 6 heteroatoms. The molecule has 0 aliphatic rings. The molecular formula is C17H15N3O3. The highest BCUT2D eigenvalue weighted by Crippen LogP contribution is 2.20. The fraction of sp³-hybridized carbons (Fsp3) is 0.118. The van der Waals surface area contributed by atoms with Gasteiger partial charge in [-0.2, -0.15) is 0 Å². The van der Waals surface area contributed by atoms with Gasteiger partial charge in [0, 0.05) is 24.0 Å². The molecule has 2 heterocycles. The number of anilines is 1. The van der Waals surface area contributed by atoms with Crippen LogP contribution in [0, 0.1) is 6.92 Å².